The molecule has 0 aliphatic carbocycles. The number of anilines is 2. The van der Waals surface area contributed by atoms with Crippen molar-refractivity contribution < 1.29 is 18.0 Å². The second kappa shape index (κ2) is 10.6. The molecule has 2 N–H and O–H groups in total. The first-order valence-electron chi connectivity index (χ1n) is 12.9. The van der Waals surface area contributed by atoms with Crippen LogP contribution >= 0.6 is 0 Å². The van der Waals surface area contributed by atoms with Crippen molar-refractivity contribution in [2.75, 3.05) is 36.0 Å². The molecule has 0 spiro atoms. The maximum atomic E-state index is 14.3. The van der Waals surface area contributed by atoms with Crippen LogP contribution in [0.15, 0.2) is 41.1 Å². The van der Waals surface area contributed by atoms with Crippen molar-refractivity contribution in [1.29, 1.82) is 0 Å². The molecule has 2 aliphatic heterocycles. The molecule has 2 saturated heterocycles. The summed E-state index contributed by atoms with van der Waals surface area (Å²) in [7, 11) is 0. The van der Waals surface area contributed by atoms with Gasteiger partial charge in [0.1, 0.15) is 23.2 Å². The smallest absolute Gasteiger partial charge is 0.324 e. The number of ether oxygens (including phenoxy) is 1. The van der Waals surface area contributed by atoms with Gasteiger partial charge in [-0.25, -0.2) is 13.8 Å². The number of pyridine rings is 1. The van der Waals surface area contributed by atoms with Gasteiger partial charge in [0.05, 0.1) is 12.3 Å². The summed E-state index contributed by atoms with van der Waals surface area (Å²) in [5.41, 5.74) is 6.61. The molecule has 8 nitrogen and oxygen atoms in total. The van der Waals surface area contributed by atoms with Gasteiger partial charge < -0.3 is 24.8 Å². The number of nitrogens with two attached hydrogens (primary N) is 1. The van der Waals surface area contributed by atoms with E-state index < -0.39 is 11.6 Å². The largest absolute Gasteiger partial charge is 0.489 e. The summed E-state index contributed by atoms with van der Waals surface area (Å²) in [6.45, 7) is 8.87. The van der Waals surface area contributed by atoms with Crippen LogP contribution in [-0.4, -0.2) is 53.4 Å². The fourth-order valence-electron chi connectivity index (χ4n) is 5.23. The molecule has 198 valence electrons. The Kier molecular flexibility index (Phi) is 7.28. The first kappa shape index (κ1) is 25.4. The highest BCUT2D eigenvalue weighted by molar-refractivity contribution is 5.45. The zero-order valence-corrected chi connectivity index (χ0v) is 21.5. The molecule has 0 saturated carbocycles. The van der Waals surface area contributed by atoms with E-state index in [1.807, 2.05) is 30.9 Å². The highest BCUT2D eigenvalue weighted by atomic mass is 19.1. The van der Waals surface area contributed by atoms with Crippen molar-refractivity contribution >= 4 is 11.8 Å². The summed E-state index contributed by atoms with van der Waals surface area (Å²) in [6, 6.07) is 7.60. The average Bonchev–Trinajstić information content (AvgIpc) is 3.54. The third-order valence-electron chi connectivity index (χ3n) is 7.51. The van der Waals surface area contributed by atoms with Gasteiger partial charge in [-0.15, -0.1) is 0 Å². The van der Waals surface area contributed by atoms with Crippen molar-refractivity contribution in [3.63, 3.8) is 0 Å². The number of nitrogens with zero attached hydrogens (tertiary/aromatic N) is 5. The van der Waals surface area contributed by atoms with E-state index in [2.05, 4.69) is 26.9 Å². The zero-order valence-electron chi connectivity index (χ0n) is 21.5. The van der Waals surface area contributed by atoms with E-state index in [0.29, 0.717) is 36.3 Å². The molecular weight excluding hydrogens is 478 g/mol. The first-order chi connectivity index (χ1) is 17.8. The highest BCUT2D eigenvalue weighted by Crippen LogP contribution is 2.32. The van der Waals surface area contributed by atoms with Crippen LogP contribution in [0.4, 0.5) is 20.6 Å². The molecule has 2 aliphatic rings. The van der Waals surface area contributed by atoms with E-state index in [0.717, 1.165) is 49.7 Å². The van der Waals surface area contributed by atoms with Crippen LogP contribution < -0.4 is 20.3 Å². The average molecular weight is 513 g/mol. The highest BCUT2D eigenvalue weighted by Gasteiger charge is 2.34. The molecule has 0 bridgehead atoms. The number of piperidine rings is 1. The lowest BCUT2D eigenvalue weighted by molar-refractivity contribution is 0.131. The summed E-state index contributed by atoms with van der Waals surface area (Å²) in [6.07, 6.45) is 3.68. The minimum atomic E-state index is -0.462. The second-order valence-corrected chi connectivity index (χ2v) is 10.4. The Labute approximate surface area is 215 Å². The molecule has 0 unspecified atom stereocenters. The molecule has 1 aromatic carbocycles. The number of benzene rings is 1. The van der Waals surface area contributed by atoms with Crippen molar-refractivity contribution in [2.24, 2.45) is 11.7 Å². The van der Waals surface area contributed by atoms with E-state index in [-0.39, 0.29) is 24.0 Å². The van der Waals surface area contributed by atoms with Gasteiger partial charge in [0, 0.05) is 44.1 Å². The monoisotopic (exact) mass is 512 g/mol. The third-order valence-corrected chi connectivity index (χ3v) is 7.51. The van der Waals surface area contributed by atoms with Gasteiger partial charge in [-0.1, -0.05) is 19.0 Å². The fraction of sp³-hybridized carbons (Fsp3) is 0.519. The Hall–Kier alpha value is -3.27. The van der Waals surface area contributed by atoms with Crippen LogP contribution in [0, 0.1) is 17.6 Å². The number of rotatable bonds is 7. The molecule has 4 heterocycles. The topological polar surface area (TPSA) is 93.5 Å². The van der Waals surface area contributed by atoms with Crippen molar-refractivity contribution in [1.82, 2.24) is 15.1 Å². The minimum Gasteiger partial charge on any atom is -0.489 e. The first-order valence-corrected chi connectivity index (χ1v) is 12.9. The van der Waals surface area contributed by atoms with Gasteiger partial charge >= 0.3 is 6.01 Å². The van der Waals surface area contributed by atoms with Gasteiger partial charge in [0.25, 0.3) is 0 Å². The van der Waals surface area contributed by atoms with Crippen LogP contribution in [0.3, 0.4) is 0 Å². The quantitative estimate of drug-likeness (QED) is 0.495. The number of aromatic nitrogens is 3. The van der Waals surface area contributed by atoms with Crippen LogP contribution in [-0.2, 0) is 0 Å². The van der Waals surface area contributed by atoms with Gasteiger partial charge in [0.2, 0.25) is 0 Å². The standard InChI is InChI=1S/C27H34F2N6O2/c1-16(2)26-32-27(37-33-26)34-10-8-18(9-11-34)17(3)36-20-5-7-25(31-13-20)35-14-22(24(30)15-35)21-12-19(28)4-6-23(21)29/h4-7,12-13,16-18,22,24H,8-11,14-15,30H2,1-3H3/t17-,22+,24-/m0/s1. The lowest BCUT2D eigenvalue weighted by Gasteiger charge is -2.33. The van der Waals surface area contributed by atoms with Crippen molar-refractivity contribution in [2.45, 2.75) is 57.6 Å². The lowest BCUT2D eigenvalue weighted by atomic mass is 9.92. The summed E-state index contributed by atoms with van der Waals surface area (Å²) >= 11 is 0. The lowest BCUT2D eigenvalue weighted by Crippen LogP contribution is -2.38. The predicted octanol–water partition coefficient (Wildman–Crippen LogP) is 4.48. The van der Waals surface area contributed by atoms with E-state index in [1.54, 1.807) is 6.20 Å². The molecule has 10 heteroatoms. The van der Waals surface area contributed by atoms with E-state index >= 15 is 0 Å². The van der Waals surface area contributed by atoms with Crippen LogP contribution in [0.2, 0.25) is 0 Å². The van der Waals surface area contributed by atoms with Gasteiger partial charge in [0.15, 0.2) is 5.82 Å². The van der Waals surface area contributed by atoms with Crippen LogP contribution in [0.5, 0.6) is 5.75 Å². The fourth-order valence-corrected chi connectivity index (χ4v) is 5.23. The molecular formula is C27H34F2N6O2. The normalized spacial score (nSPS) is 21.6. The van der Waals surface area contributed by atoms with Gasteiger partial charge in [-0.05, 0) is 61.6 Å². The Morgan fingerprint density at radius 3 is 2.51 bits per heavy atom. The molecule has 37 heavy (non-hydrogen) atoms. The van der Waals surface area contributed by atoms with Gasteiger partial charge in [-0.3, -0.25) is 0 Å². The molecule has 2 fully saturated rings. The van der Waals surface area contributed by atoms with Crippen molar-refractivity contribution in [3.8, 4) is 5.75 Å². The Morgan fingerprint density at radius 2 is 1.84 bits per heavy atom. The Morgan fingerprint density at radius 1 is 1.05 bits per heavy atom. The summed E-state index contributed by atoms with van der Waals surface area (Å²) in [4.78, 5) is 13.2. The molecule has 0 amide bonds. The predicted molar refractivity (Wildman–Crippen MR) is 137 cm³/mol. The summed E-state index contributed by atoms with van der Waals surface area (Å²) in [5.74, 6) is 1.62. The molecule has 0 radical (unpaired) electrons. The van der Waals surface area contributed by atoms with Gasteiger partial charge in [-0.2, -0.15) is 4.98 Å². The van der Waals surface area contributed by atoms with E-state index in [1.165, 1.54) is 6.07 Å². The summed E-state index contributed by atoms with van der Waals surface area (Å²) < 4.78 is 39.7. The Balaban J connectivity index is 1.15. The third kappa shape index (κ3) is 5.53. The summed E-state index contributed by atoms with van der Waals surface area (Å²) in [5, 5.41) is 4.07. The van der Waals surface area contributed by atoms with E-state index in [9.17, 15) is 8.78 Å². The van der Waals surface area contributed by atoms with Crippen molar-refractivity contribution in [3.05, 3.63) is 59.6 Å². The molecule has 3 atom stereocenters. The number of halogens is 2. The number of hydrogen-bond donors (Lipinski definition) is 1. The Bertz CT molecular complexity index is 1200. The number of hydrogen-bond acceptors (Lipinski definition) is 8. The molecule has 5 rings (SSSR count). The maximum absolute atomic E-state index is 14.3. The molecule has 3 aromatic rings. The van der Waals surface area contributed by atoms with Crippen LogP contribution in [0.1, 0.15) is 56.8 Å². The minimum absolute atomic E-state index is 0.0317. The zero-order chi connectivity index (χ0) is 26.1. The van der Waals surface area contributed by atoms with Crippen LogP contribution in [0.25, 0.3) is 0 Å². The second-order valence-electron chi connectivity index (χ2n) is 10.4. The molecule has 2 aromatic heterocycles. The maximum Gasteiger partial charge on any atom is 0.324 e. The van der Waals surface area contributed by atoms with E-state index in [4.69, 9.17) is 15.0 Å². The SMILES string of the molecule is CC(C)c1noc(N2CCC([C@H](C)Oc3ccc(N4C[C@H](c5cc(F)ccc5F)[C@@H](N)C4)nc3)CC2)n1.